The second-order valence-corrected chi connectivity index (χ2v) is 7.45. The molecule has 0 aliphatic rings. The molecule has 7 nitrogen and oxygen atoms in total. The third kappa shape index (κ3) is 5.58. The van der Waals surface area contributed by atoms with Crippen molar-refractivity contribution in [2.75, 3.05) is 26.0 Å². The molecule has 1 atom stereocenters. The molecule has 0 aliphatic carbocycles. The summed E-state index contributed by atoms with van der Waals surface area (Å²) in [5.41, 5.74) is 0.733. The number of aliphatic hydroxyl groups is 1. The van der Waals surface area contributed by atoms with E-state index in [-0.39, 0.29) is 22.9 Å². The van der Waals surface area contributed by atoms with Crippen LogP contribution in [0, 0.1) is 0 Å². The molecule has 28 heavy (non-hydrogen) atoms. The molecule has 0 spiro atoms. The summed E-state index contributed by atoms with van der Waals surface area (Å²) in [5.74, 6) is -0.937. The largest absolute Gasteiger partial charge is 0.505 e. The second-order valence-electron chi connectivity index (χ2n) is 6.41. The Labute approximate surface area is 168 Å². The Kier molecular flexibility index (Phi) is 7.60. The number of rotatable bonds is 9. The minimum absolute atomic E-state index is 0.155. The van der Waals surface area contributed by atoms with Gasteiger partial charge in [-0.05, 0) is 36.9 Å². The maximum Gasteiger partial charge on any atom is 0.257 e. The third-order valence-electron chi connectivity index (χ3n) is 4.02. The Bertz CT molecular complexity index is 847. The molecule has 1 heterocycles. The van der Waals surface area contributed by atoms with E-state index in [1.807, 2.05) is 17.5 Å². The minimum atomic E-state index is -1.32. The fourth-order valence-electron chi connectivity index (χ4n) is 2.46. The highest BCUT2D eigenvalue weighted by molar-refractivity contribution is 7.09. The third-order valence-corrected chi connectivity index (χ3v) is 4.95. The molecule has 1 aromatic heterocycles. The quantitative estimate of drug-likeness (QED) is 0.479. The molecular formula is C20H25N3O4S. The first-order valence-corrected chi connectivity index (χ1v) is 9.64. The Morgan fingerprint density at radius 3 is 2.61 bits per heavy atom. The van der Waals surface area contributed by atoms with E-state index in [1.165, 1.54) is 29.0 Å². The standard InChI is InChI=1S/C20H25N3O4S/c1-13(24)18(25)17(21-10-9-14-6-5-11-28-14)12-22-16-8-4-7-15(19(16)26)20(27)23(2)3/h4-8,11-12,18,21-22,25-26H,9-10H2,1-3H3. The molecule has 0 fully saturated rings. The van der Waals surface area contributed by atoms with Crippen molar-refractivity contribution in [1.82, 2.24) is 10.2 Å². The number of hydrogen-bond acceptors (Lipinski definition) is 7. The van der Waals surface area contributed by atoms with Crippen molar-refractivity contribution in [2.24, 2.45) is 0 Å². The van der Waals surface area contributed by atoms with Gasteiger partial charge in [0.05, 0.1) is 16.9 Å². The number of carbonyl (C=O) groups is 2. The summed E-state index contributed by atoms with van der Waals surface area (Å²) in [5, 5.41) is 28.5. The molecule has 0 radical (unpaired) electrons. The molecule has 0 saturated heterocycles. The summed E-state index contributed by atoms with van der Waals surface area (Å²) in [6, 6.07) is 8.74. The minimum Gasteiger partial charge on any atom is -0.505 e. The van der Waals surface area contributed by atoms with E-state index in [9.17, 15) is 19.8 Å². The van der Waals surface area contributed by atoms with E-state index in [0.717, 1.165) is 6.42 Å². The predicted molar refractivity (Wildman–Crippen MR) is 111 cm³/mol. The lowest BCUT2D eigenvalue weighted by Crippen LogP contribution is -2.31. The van der Waals surface area contributed by atoms with Crippen molar-refractivity contribution in [3.05, 3.63) is 58.0 Å². The van der Waals surface area contributed by atoms with Crippen molar-refractivity contribution in [3.8, 4) is 5.75 Å². The molecule has 2 rings (SSSR count). The van der Waals surface area contributed by atoms with E-state index in [4.69, 9.17) is 0 Å². The average Bonchev–Trinajstić information content (AvgIpc) is 3.17. The van der Waals surface area contributed by atoms with Crippen molar-refractivity contribution in [3.63, 3.8) is 0 Å². The molecule has 0 aliphatic heterocycles. The van der Waals surface area contributed by atoms with E-state index in [0.29, 0.717) is 12.2 Å². The van der Waals surface area contributed by atoms with Crippen molar-refractivity contribution < 1.29 is 19.8 Å². The van der Waals surface area contributed by atoms with Gasteiger partial charge >= 0.3 is 0 Å². The predicted octanol–water partition coefficient (Wildman–Crippen LogP) is 2.19. The highest BCUT2D eigenvalue weighted by Gasteiger charge is 2.18. The van der Waals surface area contributed by atoms with Gasteiger partial charge in [0, 0.05) is 31.7 Å². The van der Waals surface area contributed by atoms with Crippen LogP contribution >= 0.6 is 11.3 Å². The molecule has 150 valence electrons. The number of nitrogens with zero attached hydrogens (tertiary/aromatic N) is 1. The molecule has 8 heteroatoms. The highest BCUT2D eigenvalue weighted by atomic mass is 32.1. The number of hydrogen-bond donors (Lipinski definition) is 4. The first kappa shape index (κ1) is 21.5. The Balaban J connectivity index is 2.16. The molecule has 0 saturated carbocycles. The number of amides is 1. The number of phenolic OH excluding ortho intramolecular Hbond substituents is 1. The summed E-state index contributed by atoms with van der Waals surface area (Å²) < 4.78 is 0. The van der Waals surface area contributed by atoms with E-state index in [2.05, 4.69) is 10.6 Å². The Morgan fingerprint density at radius 2 is 2.00 bits per heavy atom. The Hall–Kier alpha value is -2.84. The number of benzene rings is 1. The normalized spacial score (nSPS) is 12.4. The zero-order valence-corrected chi connectivity index (χ0v) is 16.9. The van der Waals surface area contributed by atoms with Crippen molar-refractivity contribution in [1.29, 1.82) is 0 Å². The number of thiophene rings is 1. The maximum absolute atomic E-state index is 12.1. The average molecular weight is 404 g/mol. The van der Waals surface area contributed by atoms with Crippen LogP contribution < -0.4 is 10.6 Å². The molecule has 2 aromatic rings. The van der Waals surface area contributed by atoms with E-state index >= 15 is 0 Å². The number of Topliss-reactive ketones (excluding diaryl/α,β-unsaturated/α-hetero) is 1. The second kappa shape index (κ2) is 9.91. The number of aliphatic hydroxyl groups excluding tert-OH is 1. The maximum atomic E-state index is 12.1. The zero-order chi connectivity index (χ0) is 20.7. The van der Waals surface area contributed by atoms with Crippen molar-refractivity contribution in [2.45, 2.75) is 19.4 Å². The number of phenols is 1. The molecule has 1 amide bonds. The van der Waals surface area contributed by atoms with Gasteiger partial charge in [-0.25, -0.2) is 0 Å². The van der Waals surface area contributed by atoms with E-state index < -0.39 is 11.9 Å². The van der Waals surface area contributed by atoms with Gasteiger partial charge < -0.3 is 25.7 Å². The molecule has 0 bridgehead atoms. The Morgan fingerprint density at radius 1 is 1.25 bits per heavy atom. The summed E-state index contributed by atoms with van der Waals surface area (Å²) in [4.78, 5) is 26.3. The van der Waals surface area contributed by atoms with Gasteiger partial charge in [0.2, 0.25) is 0 Å². The molecular weight excluding hydrogens is 378 g/mol. The number of para-hydroxylation sites is 1. The number of carbonyl (C=O) groups excluding carboxylic acids is 2. The van der Waals surface area contributed by atoms with Gasteiger partial charge in [-0.3, -0.25) is 9.59 Å². The first-order chi connectivity index (χ1) is 13.3. The molecule has 4 N–H and O–H groups in total. The van der Waals surface area contributed by atoms with E-state index in [1.54, 1.807) is 37.6 Å². The van der Waals surface area contributed by atoms with Gasteiger partial charge in [0.25, 0.3) is 5.91 Å². The van der Waals surface area contributed by atoms with Crippen LogP contribution in [0.1, 0.15) is 22.2 Å². The highest BCUT2D eigenvalue weighted by Crippen LogP contribution is 2.28. The first-order valence-electron chi connectivity index (χ1n) is 8.76. The van der Waals surface area contributed by atoms with Crippen LogP contribution in [0.5, 0.6) is 5.75 Å². The summed E-state index contributed by atoms with van der Waals surface area (Å²) in [6.45, 7) is 1.83. The fraction of sp³-hybridized carbons (Fsp3) is 0.300. The fourth-order valence-corrected chi connectivity index (χ4v) is 3.17. The SMILES string of the molecule is CC(=O)C(O)C(=CNc1cccc(C(=O)N(C)C)c1O)NCCc1cccs1. The van der Waals surface area contributed by atoms with Gasteiger partial charge in [-0.15, -0.1) is 11.3 Å². The molecule has 1 aromatic carbocycles. The number of nitrogens with one attached hydrogen (secondary N) is 2. The summed E-state index contributed by atoms with van der Waals surface area (Å²) in [6.07, 6.45) is 0.863. The van der Waals surface area contributed by atoms with Crippen LogP contribution in [0.25, 0.3) is 0 Å². The topological polar surface area (TPSA) is 102 Å². The van der Waals surface area contributed by atoms with Crippen LogP contribution in [-0.2, 0) is 11.2 Å². The van der Waals surface area contributed by atoms with Crippen LogP contribution in [0.3, 0.4) is 0 Å². The lowest BCUT2D eigenvalue weighted by Gasteiger charge is -2.17. The van der Waals surface area contributed by atoms with Crippen molar-refractivity contribution >= 4 is 28.7 Å². The van der Waals surface area contributed by atoms with Gasteiger partial charge in [-0.1, -0.05) is 12.1 Å². The van der Waals surface area contributed by atoms with Crippen LogP contribution in [0.2, 0.25) is 0 Å². The number of aromatic hydroxyl groups is 1. The van der Waals surface area contributed by atoms with Gasteiger partial charge in [-0.2, -0.15) is 0 Å². The monoisotopic (exact) mass is 403 g/mol. The number of ketones is 1. The van der Waals surface area contributed by atoms with Gasteiger partial charge in [0.1, 0.15) is 0 Å². The lowest BCUT2D eigenvalue weighted by atomic mass is 10.1. The molecule has 1 unspecified atom stereocenters. The van der Waals surface area contributed by atoms with Crippen LogP contribution in [0.4, 0.5) is 5.69 Å². The number of anilines is 1. The smallest absolute Gasteiger partial charge is 0.257 e. The zero-order valence-electron chi connectivity index (χ0n) is 16.1. The lowest BCUT2D eigenvalue weighted by molar-refractivity contribution is -0.123. The van der Waals surface area contributed by atoms with Gasteiger partial charge in [0.15, 0.2) is 17.6 Å². The van der Waals surface area contributed by atoms with Crippen LogP contribution in [0.15, 0.2) is 47.6 Å². The summed E-state index contributed by atoms with van der Waals surface area (Å²) in [7, 11) is 3.20. The van der Waals surface area contributed by atoms with Crippen LogP contribution in [-0.4, -0.2) is 53.5 Å². The summed E-state index contributed by atoms with van der Waals surface area (Å²) >= 11 is 1.63.